The maximum atomic E-state index is 12.3. The number of rotatable bonds is 6. The van der Waals surface area contributed by atoms with Crippen molar-refractivity contribution in [1.82, 2.24) is 4.90 Å². The number of amides is 1. The monoisotopic (exact) mass is 324 g/mol. The molecule has 1 aliphatic rings. The summed E-state index contributed by atoms with van der Waals surface area (Å²) in [5, 5.41) is 12.7. The molecule has 4 nitrogen and oxygen atoms in total. The molecule has 5 heteroatoms. The average molecular weight is 325 g/mol. The molecule has 1 fully saturated rings. The van der Waals surface area contributed by atoms with E-state index in [9.17, 15) is 9.90 Å². The summed E-state index contributed by atoms with van der Waals surface area (Å²) >= 11 is 6.15. The highest BCUT2D eigenvalue weighted by molar-refractivity contribution is 6.33. The Morgan fingerprint density at radius 1 is 1.36 bits per heavy atom. The van der Waals surface area contributed by atoms with Crippen LogP contribution in [0.3, 0.4) is 0 Å². The Bertz CT molecular complexity index is 501. The summed E-state index contributed by atoms with van der Waals surface area (Å²) in [4.78, 5) is 14.4. The summed E-state index contributed by atoms with van der Waals surface area (Å²) in [6.45, 7) is 2.88. The molecule has 2 rings (SSSR count). The molecular weight excluding hydrogens is 300 g/mol. The minimum absolute atomic E-state index is 0.0784. The molecule has 1 aromatic rings. The zero-order valence-corrected chi connectivity index (χ0v) is 13.9. The fourth-order valence-electron chi connectivity index (χ4n) is 3.06. The van der Waals surface area contributed by atoms with Gasteiger partial charge in [-0.1, -0.05) is 36.9 Å². The summed E-state index contributed by atoms with van der Waals surface area (Å²) in [6.07, 6.45) is 5.90. The number of nitrogens with one attached hydrogen (secondary N) is 1. The van der Waals surface area contributed by atoms with Crippen LogP contribution < -0.4 is 5.32 Å². The van der Waals surface area contributed by atoms with E-state index in [1.807, 2.05) is 25.1 Å². The molecule has 1 aliphatic carbocycles. The lowest BCUT2D eigenvalue weighted by Crippen LogP contribution is -2.43. The first kappa shape index (κ1) is 17.3. The zero-order valence-electron chi connectivity index (χ0n) is 13.1. The average Bonchev–Trinajstić information content (AvgIpc) is 2.50. The predicted molar refractivity (Wildman–Crippen MR) is 90.4 cm³/mol. The highest BCUT2D eigenvalue weighted by Crippen LogP contribution is 2.24. The Morgan fingerprint density at radius 2 is 2.09 bits per heavy atom. The van der Waals surface area contributed by atoms with E-state index in [2.05, 4.69) is 10.2 Å². The molecular formula is C17H25ClN2O2. The van der Waals surface area contributed by atoms with Crippen molar-refractivity contribution in [3.63, 3.8) is 0 Å². The lowest BCUT2D eigenvalue weighted by Gasteiger charge is -2.33. The SMILES string of the molecule is Cc1ccc(NC(=O)CN(CCO)C2CCCCC2)c(Cl)c1. The summed E-state index contributed by atoms with van der Waals surface area (Å²) < 4.78 is 0. The van der Waals surface area contributed by atoms with Crippen molar-refractivity contribution in [3.05, 3.63) is 28.8 Å². The molecule has 0 unspecified atom stereocenters. The normalized spacial score (nSPS) is 16.0. The van der Waals surface area contributed by atoms with Gasteiger partial charge in [-0.05, 0) is 37.5 Å². The van der Waals surface area contributed by atoms with Gasteiger partial charge in [-0.15, -0.1) is 0 Å². The van der Waals surface area contributed by atoms with E-state index in [1.165, 1.54) is 19.3 Å². The number of hydrogen-bond donors (Lipinski definition) is 2. The predicted octanol–water partition coefficient (Wildman–Crippen LogP) is 3.21. The van der Waals surface area contributed by atoms with Crippen LogP contribution in [0.15, 0.2) is 18.2 Å². The lowest BCUT2D eigenvalue weighted by molar-refractivity contribution is -0.118. The van der Waals surface area contributed by atoms with E-state index in [1.54, 1.807) is 0 Å². The molecule has 0 atom stereocenters. The molecule has 0 heterocycles. The number of benzene rings is 1. The number of aryl methyl sites for hydroxylation is 1. The standard InChI is InChI=1S/C17H25ClN2O2/c1-13-7-8-16(15(18)11-13)19-17(22)12-20(9-10-21)14-5-3-2-4-6-14/h7-8,11,14,21H,2-6,9-10,12H2,1H3,(H,19,22). The third kappa shape index (κ3) is 4.97. The van der Waals surface area contributed by atoms with Gasteiger partial charge in [0.1, 0.15) is 0 Å². The summed E-state index contributed by atoms with van der Waals surface area (Å²) in [5.41, 5.74) is 1.71. The molecule has 0 aromatic heterocycles. The van der Waals surface area contributed by atoms with Crippen molar-refractivity contribution in [2.75, 3.05) is 25.0 Å². The molecule has 22 heavy (non-hydrogen) atoms. The molecule has 2 N–H and O–H groups in total. The molecule has 1 saturated carbocycles. The van der Waals surface area contributed by atoms with E-state index < -0.39 is 0 Å². The van der Waals surface area contributed by atoms with Gasteiger partial charge in [-0.25, -0.2) is 0 Å². The first-order valence-electron chi connectivity index (χ1n) is 8.01. The van der Waals surface area contributed by atoms with E-state index in [-0.39, 0.29) is 12.5 Å². The molecule has 0 saturated heterocycles. The van der Waals surface area contributed by atoms with E-state index in [0.29, 0.717) is 29.8 Å². The van der Waals surface area contributed by atoms with Crippen LogP contribution >= 0.6 is 11.6 Å². The van der Waals surface area contributed by atoms with Crippen LogP contribution in [0.5, 0.6) is 0 Å². The molecule has 0 radical (unpaired) electrons. The van der Waals surface area contributed by atoms with Crippen LogP contribution in [-0.2, 0) is 4.79 Å². The first-order chi connectivity index (χ1) is 10.6. The van der Waals surface area contributed by atoms with Gasteiger partial charge in [-0.3, -0.25) is 9.69 Å². The largest absolute Gasteiger partial charge is 0.395 e. The molecule has 0 aliphatic heterocycles. The number of hydrogen-bond acceptors (Lipinski definition) is 3. The van der Waals surface area contributed by atoms with E-state index in [0.717, 1.165) is 18.4 Å². The number of anilines is 1. The summed E-state index contributed by atoms with van der Waals surface area (Å²) in [6, 6.07) is 5.99. The molecule has 0 bridgehead atoms. The Morgan fingerprint density at radius 3 is 2.73 bits per heavy atom. The number of aliphatic hydroxyl groups excluding tert-OH is 1. The van der Waals surface area contributed by atoms with Gasteiger partial charge in [0.25, 0.3) is 0 Å². The van der Waals surface area contributed by atoms with Crippen LogP contribution in [0.1, 0.15) is 37.7 Å². The van der Waals surface area contributed by atoms with Crippen LogP contribution in [0, 0.1) is 6.92 Å². The smallest absolute Gasteiger partial charge is 0.238 e. The Labute approximate surface area is 137 Å². The van der Waals surface area contributed by atoms with Crippen LogP contribution in [-0.4, -0.2) is 41.7 Å². The highest BCUT2D eigenvalue weighted by atomic mass is 35.5. The molecule has 1 amide bonds. The third-order valence-corrected chi connectivity index (χ3v) is 4.54. The van der Waals surface area contributed by atoms with Gasteiger partial charge >= 0.3 is 0 Å². The maximum Gasteiger partial charge on any atom is 0.238 e. The van der Waals surface area contributed by atoms with Crippen LogP contribution in [0.2, 0.25) is 5.02 Å². The van der Waals surface area contributed by atoms with Gasteiger partial charge in [0.05, 0.1) is 23.9 Å². The van der Waals surface area contributed by atoms with E-state index >= 15 is 0 Å². The van der Waals surface area contributed by atoms with Crippen molar-refractivity contribution >= 4 is 23.2 Å². The molecule has 0 spiro atoms. The number of nitrogens with zero attached hydrogens (tertiary/aromatic N) is 1. The number of carbonyl (C=O) groups is 1. The van der Waals surface area contributed by atoms with Crippen molar-refractivity contribution in [3.8, 4) is 0 Å². The summed E-state index contributed by atoms with van der Waals surface area (Å²) in [7, 11) is 0. The van der Waals surface area contributed by atoms with Gasteiger partial charge in [0, 0.05) is 12.6 Å². The second kappa shape index (κ2) is 8.51. The number of aliphatic hydroxyl groups is 1. The highest BCUT2D eigenvalue weighted by Gasteiger charge is 2.22. The van der Waals surface area contributed by atoms with Crippen LogP contribution in [0.25, 0.3) is 0 Å². The maximum absolute atomic E-state index is 12.3. The van der Waals surface area contributed by atoms with Gasteiger partial charge in [0.2, 0.25) is 5.91 Å². The van der Waals surface area contributed by atoms with Gasteiger partial charge in [0.15, 0.2) is 0 Å². The van der Waals surface area contributed by atoms with Gasteiger partial charge < -0.3 is 10.4 Å². The minimum atomic E-state index is -0.0789. The van der Waals surface area contributed by atoms with Crippen LogP contribution in [0.4, 0.5) is 5.69 Å². The fraction of sp³-hybridized carbons (Fsp3) is 0.588. The molecule has 1 aromatic carbocycles. The quantitative estimate of drug-likeness (QED) is 0.844. The topological polar surface area (TPSA) is 52.6 Å². The molecule has 122 valence electrons. The summed E-state index contributed by atoms with van der Waals surface area (Å²) in [5.74, 6) is -0.0789. The third-order valence-electron chi connectivity index (χ3n) is 4.22. The second-order valence-corrected chi connectivity index (χ2v) is 6.42. The van der Waals surface area contributed by atoms with Gasteiger partial charge in [-0.2, -0.15) is 0 Å². The zero-order chi connectivity index (χ0) is 15.9. The van der Waals surface area contributed by atoms with Crippen molar-refractivity contribution in [2.45, 2.75) is 45.1 Å². The van der Waals surface area contributed by atoms with E-state index in [4.69, 9.17) is 11.6 Å². The Hall–Kier alpha value is -1.10. The van der Waals surface area contributed by atoms with Crippen molar-refractivity contribution < 1.29 is 9.90 Å². The number of carbonyl (C=O) groups excluding carboxylic acids is 1. The fourth-order valence-corrected chi connectivity index (χ4v) is 3.34. The Balaban J connectivity index is 1.95. The lowest BCUT2D eigenvalue weighted by atomic mass is 9.94. The van der Waals surface area contributed by atoms with Crippen molar-refractivity contribution in [2.24, 2.45) is 0 Å². The first-order valence-corrected chi connectivity index (χ1v) is 8.39. The Kier molecular flexibility index (Phi) is 6.68. The van der Waals surface area contributed by atoms with Crippen molar-refractivity contribution in [1.29, 1.82) is 0 Å². The number of halogens is 1. The second-order valence-electron chi connectivity index (χ2n) is 6.02. The minimum Gasteiger partial charge on any atom is -0.395 e.